The molecule has 0 bridgehead atoms. The third kappa shape index (κ3) is 1.99. The van der Waals surface area contributed by atoms with Gasteiger partial charge in [0.2, 0.25) is 0 Å². The van der Waals surface area contributed by atoms with Gasteiger partial charge in [0.1, 0.15) is 0 Å². The maximum atomic E-state index is 10.8. The first kappa shape index (κ1) is 10.0. The average Bonchev–Trinajstić information content (AvgIpc) is 2.02. The molecule has 1 rings (SSSR count). The Hall–Kier alpha value is -1.06. The summed E-state index contributed by atoms with van der Waals surface area (Å²) in [5.74, 6) is -3.36. The van der Waals surface area contributed by atoms with Crippen molar-refractivity contribution in [2.24, 2.45) is 17.8 Å². The van der Waals surface area contributed by atoms with E-state index in [4.69, 9.17) is 10.2 Å². The van der Waals surface area contributed by atoms with E-state index < -0.39 is 23.8 Å². The predicted molar refractivity (Wildman–Crippen MR) is 45.3 cm³/mol. The summed E-state index contributed by atoms with van der Waals surface area (Å²) in [6.45, 7) is 1.81. The van der Waals surface area contributed by atoms with Gasteiger partial charge in [0, 0.05) is 0 Å². The summed E-state index contributed by atoms with van der Waals surface area (Å²) in [7, 11) is 0. The Morgan fingerprint density at radius 1 is 1.15 bits per heavy atom. The Bertz CT molecular complexity index is 224. The van der Waals surface area contributed by atoms with E-state index in [0.717, 1.165) is 12.8 Å². The third-order valence-electron chi connectivity index (χ3n) is 2.82. The first-order chi connectivity index (χ1) is 6.04. The van der Waals surface area contributed by atoms with Crippen molar-refractivity contribution in [1.82, 2.24) is 0 Å². The van der Waals surface area contributed by atoms with Crippen molar-refractivity contribution < 1.29 is 19.8 Å². The molecule has 0 heterocycles. The average molecular weight is 186 g/mol. The number of rotatable bonds is 2. The number of aliphatic carboxylic acids is 2. The number of hydrogen-bond acceptors (Lipinski definition) is 2. The molecule has 0 aromatic carbocycles. The second-order valence-electron chi connectivity index (χ2n) is 3.72. The summed E-state index contributed by atoms with van der Waals surface area (Å²) in [6.07, 6.45) is 2.14. The smallest absolute Gasteiger partial charge is 0.307 e. The van der Waals surface area contributed by atoms with Gasteiger partial charge in [0.15, 0.2) is 0 Å². The molecule has 0 aromatic heterocycles. The van der Waals surface area contributed by atoms with Crippen LogP contribution in [-0.2, 0) is 9.59 Å². The van der Waals surface area contributed by atoms with E-state index in [9.17, 15) is 9.59 Å². The standard InChI is InChI=1S/C9H14O4/c1-5-3-2-4-6(8(10)11)7(5)9(12)13/h5-7H,2-4H2,1H3,(H,10,11)(H,12,13)/t5-,6+,7+/m0/s1. The van der Waals surface area contributed by atoms with E-state index in [1.807, 2.05) is 6.92 Å². The van der Waals surface area contributed by atoms with Crippen LogP contribution in [-0.4, -0.2) is 22.2 Å². The molecular weight excluding hydrogens is 172 g/mol. The summed E-state index contributed by atoms with van der Waals surface area (Å²) in [4.78, 5) is 21.6. The molecule has 1 aliphatic rings. The monoisotopic (exact) mass is 186 g/mol. The van der Waals surface area contributed by atoms with Gasteiger partial charge in [-0.05, 0) is 18.8 Å². The van der Waals surface area contributed by atoms with Crippen LogP contribution in [0, 0.1) is 17.8 Å². The molecule has 13 heavy (non-hydrogen) atoms. The van der Waals surface area contributed by atoms with Crippen LogP contribution in [0.15, 0.2) is 0 Å². The van der Waals surface area contributed by atoms with Crippen molar-refractivity contribution in [3.8, 4) is 0 Å². The second-order valence-corrected chi connectivity index (χ2v) is 3.72. The fraction of sp³-hybridized carbons (Fsp3) is 0.778. The normalized spacial score (nSPS) is 34.1. The molecule has 0 radical (unpaired) electrons. The van der Waals surface area contributed by atoms with Crippen molar-refractivity contribution in [2.75, 3.05) is 0 Å². The maximum absolute atomic E-state index is 10.8. The topological polar surface area (TPSA) is 74.6 Å². The summed E-state index contributed by atoms with van der Waals surface area (Å²) in [5, 5.41) is 17.7. The highest BCUT2D eigenvalue weighted by Gasteiger charge is 2.39. The molecule has 0 spiro atoms. The largest absolute Gasteiger partial charge is 0.481 e. The van der Waals surface area contributed by atoms with E-state index in [0.29, 0.717) is 6.42 Å². The van der Waals surface area contributed by atoms with Crippen molar-refractivity contribution in [3.63, 3.8) is 0 Å². The Morgan fingerprint density at radius 2 is 1.77 bits per heavy atom. The Morgan fingerprint density at radius 3 is 2.15 bits per heavy atom. The molecule has 0 unspecified atom stereocenters. The lowest BCUT2D eigenvalue weighted by molar-refractivity contribution is -0.158. The van der Waals surface area contributed by atoms with Crippen molar-refractivity contribution in [2.45, 2.75) is 26.2 Å². The lowest BCUT2D eigenvalue weighted by atomic mass is 9.73. The van der Waals surface area contributed by atoms with Crippen LogP contribution < -0.4 is 0 Å². The zero-order valence-corrected chi connectivity index (χ0v) is 7.56. The fourth-order valence-electron chi connectivity index (χ4n) is 2.11. The van der Waals surface area contributed by atoms with E-state index >= 15 is 0 Å². The fourth-order valence-corrected chi connectivity index (χ4v) is 2.11. The minimum atomic E-state index is -0.973. The predicted octanol–water partition coefficient (Wildman–Crippen LogP) is 1.21. The molecule has 3 atom stereocenters. The zero-order chi connectivity index (χ0) is 10.0. The minimum absolute atomic E-state index is 0.0210. The maximum Gasteiger partial charge on any atom is 0.307 e. The van der Waals surface area contributed by atoms with Crippen LogP contribution in [0.4, 0.5) is 0 Å². The quantitative estimate of drug-likeness (QED) is 0.679. The number of carbonyl (C=O) groups is 2. The van der Waals surface area contributed by atoms with Crippen molar-refractivity contribution in [1.29, 1.82) is 0 Å². The van der Waals surface area contributed by atoms with Gasteiger partial charge in [-0.3, -0.25) is 9.59 Å². The summed E-state index contributed by atoms with van der Waals surface area (Å²) >= 11 is 0. The van der Waals surface area contributed by atoms with Crippen LogP contribution in [0.25, 0.3) is 0 Å². The van der Waals surface area contributed by atoms with Crippen LogP contribution in [0.5, 0.6) is 0 Å². The Labute approximate surface area is 76.6 Å². The van der Waals surface area contributed by atoms with Crippen LogP contribution in [0.3, 0.4) is 0 Å². The Kier molecular flexibility index (Phi) is 2.90. The van der Waals surface area contributed by atoms with Crippen LogP contribution in [0.2, 0.25) is 0 Å². The van der Waals surface area contributed by atoms with Gasteiger partial charge in [-0.1, -0.05) is 13.3 Å². The lowest BCUT2D eigenvalue weighted by Crippen LogP contribution is -2.37. The summed E-state index contributed by atoms with van der Waals surface area (Å²) in [5.41, 5.74) is 0. The zero-order valence-electron chi connectivity index (χ0n) is 7.56. The molecule has 74 valence electrons. The van der Waals surface area contributed by atoms with E-state index in [1.165, 1.54) is 0 Å². The summed E-state index contributed by atoms with van der Waals surface area (Å²) < 4.78 is 0. The SMILES string of the molecule is C[C@H]1CCC[C@@H](C(=O)O)[C@@H]1C(=O)O. The first-order valence-corrected chi connectivity index (χ1v) is 4.49. The number of hydrogen-bond donors (Lipinski definition) is 2. The molecule has 1 aliphatic carbocycles. The molecule has 1 fully saturated rings. The van der Waals surface area contributed by atoms with Gasteiger partial charge < -0.3 is 10.2 Å². The highest BCUT2D eigenvalue weighted by Crippen LogP contribution is 2.34. The molecule has 2 N–H and O–H groups in total. The van der Waals surface area contributed by atoms with Gasteiger partial charge in [-0.2, -0.15) is 0 Å². The third-order valence-corrected chi connectivity index (χ3v) is 2.82. The molecule has 1 saturated carbocycles. The van der Waals surface area contributed by atoms with Gasteiger partial charge >= 0.3 is 11.9 Å². The first-order valence-electron chi connectivity index (χ1n) is 4.49. The van der Waals surface area contributed by atoms with Gasteiger partial charge in [-0.25, -0.2) is 0 Å². The van der Waals surface area contributed by atoms with Gasteiger partial charge in [0.05, 0.1) is 11.8 Å². The lowest BCUT2D eigenvalue weighted by Gasteiger charge is -2.30. The number of carboxylic acids is 2. The van der Waals surface area contributed by atoms with E-state index in [-0.39, 0.29) is 5.92 Å². The number of carboxylic acid groups (broad SMARTS) is 2. The van der Waals surface area contributed by atoms with Crippen molar-refractivity contribution in [3.05, 3.63) is 0 Å². The molecule has 0 aliphatic heterocycles. The molecule has 4 nitrogen and oxygen atoms in total. The van der Waals surface area contributed by atoms with E-state index in [1.54, 1.807) is 0 Å². The van der Waals surface area contributed by atoms with Crippen LogP contribution >= 0.6 is 0 Å². The van der Waals surface area contributed by atoms with Gasteiger partial charge in [-0.15, -0.1) is 0 Å². The molecule has 4 heteroatoms. The van der Waals surface area contributed by atoms with Crippen LogP contribution in [0.1, 0.15) is 26.2 Å². The second kappa shape index (κ2) is 3.77. The summed E-state index contributed by atoms with van der Waals surface area (Å²) in [6, 6.07) is 0. The molecular formula is C9H14O4. The van der Waals surface area contributed by atoms with Gasteiger partial charge in [0.25, 0.3) is 0 Å². The Balaban J connectivity index is 2.80. The van der Waals surface area contributed by atoms with E-state index in [2.05, 4.69) is 0 Å². The highest BCUT2D eigenvalue weighted by molar-refractivity contribution is 5.80. The molecule has 0 amide bonds. The van der Waals surface area contributed by atoms with Crippen molar-refractivity contribution >= 4 is 11.9 Å². The molecule has 0 aromatic rings. The molecule has 0 saturated heterocycles. The minimum Gasteiger partial charge on any atom is -0.481 e. The highest BCUT2D eigenvalue weighted by atomic mass is 16.4.